The lowest BCUT2D eigenvalue weighted by atomic mass is 10.1. The molecule has 0 saturated heterocycles. The Kier molecular flexibility index (Phi) is 3.38. The second-order valence-corrected chi connectivity index (χ2v) is 5.41. The van der Waals surface area contributed by atoms with E-state index in [0.717, 1.165) is 23.4 Å². The van der Waals surface area contributed by atoms with Crippen molar-refractivity contribution in [1.29, 1.82) is 5.26 Å². The highest BCUT2D eigenvalue weighted by Crippen LogP contribution is 2.34. The summed E-state index contributed by atoms with van der Waals surface area (Å²) in [6, 6.07) is 9.19. The summed E-state index contributed by atoms with van der Waals surface area (Å²) in [5, 5.41) is 9.25. The Morgan fingerprint density at radius 1 is 1.41 bits per heavy atom. The van der Waals surface area contributed by atoms with Gasteiger partial charge in [-0.3, -0.25) is 0 Å². The zero-order chi connectivity index (χ0) is 12.4. The van der Waals surface area contributed by atoms with Crippen LogP contribution in [-0.4, -0.2) is 12.6 Å². The molecule has 0 amide bonds. The maximum absolute atomic E-state index is 9.25. The van der Waals surface area contributed by atoms with E-state index < -0.39 is 0 Å². The van der Waals surface area contributed by atoms with Crippen LogP contribution in [0.25, 0.3) is 0 Å². The van der Waals surface area contributed by atoms with E-state index in [4.69, 9.17) is 0 Å². The fraction of sp³-hybridized carbons (Fsp3) is 0.533. The van der Waals surface area contributed by atoms with Gasteiger partial charge < -0.3 is 4.90 Å². The van der Waals surface area contributed by atoms with Crippen LogP contribution in [0.1, 0.15) is 37.8 Å². The molecule has 1 aromatic rings. The minimum absolute atomic E-state index is 0.628. The average Bonchev–Trinajstić information content (AvgIpc) is 3.09. The van der Waals surface area contributed by atoms with E-state index >= 15 is 0 Å². The molecule has 17 heavy (non-hydrogen) atoms. The molecule has 0 aromatic heterocycles. The van der Waals surface area contributed by atoms with E-state index in [2.05, 4.69) is 36.9 Å². The van der Waals surface area contributed by atoms with Crippen molar-refractivity contribution in [2.24, 2.45) is 5.92 Å². The van der Waals surface area contributed by atoms with Gasteiger partial charge in [-0.05, 0) is 43.4 Å². The monoisotopic (exact) mass is 228 g/mol. The lowest BCUT2D eigenvalue weighted by Crippen LogP contribution is -2.30. The Bertz CT molecular complexity index is 439. The third-order valence-corrected chi connectivity index (χ3v) is 3.13. The molecule has 0 spiro atoms. The van der Waals surface area contributed by atoms with Gasteiger partial charge >= 0.3 is 0 Å². The van der Waals surface area contributed by atoms with Crippen molar-refractivity contribution < 1.29 is 0 Å². The second-order valence-electron chi connectivity index (χ2n) is 5.41. The summed E-state index contributed by atoms with van der Waals surface area (Å²) < 4.78 is 0. The van der Waals surface area contributed by atoms with Gasteiger partial charge in [0.15, 0.2) is 0 Å². The first kappa shape index (κ1) is 12.0. The van der Waals surface area contributed by atoms with Crippen molar-refractivity contribution in [2.75, 3.05) is 11.4 Å². The number of hydrogen-bond donors (Lipinski definition) is 0. The summed E-state index contributed by atoms with van der Waals surface area (Å²) in [6.45, 7) is 7.54. The van der Waals surface area contributed by atoms with Crippen LogP contribution in [0, 0.1) is 24.2 Å². The van der Waals surface area contributed by atoms with Crippen LogP contribution < -0.4 is 4.90 Å². The molecular weight excluding hydrogens is 208 g/mol. The van der Waals surface area contributed by atoms with Gasteiger partial charge in [0.25, 0.3) is 0 Å². The third kappa shape index (κ3) is 2.79. The third-order valence-electron chi connectivity index (χ3n) is 3.13. The van der Waals surface area contributed by atoms with E-state index in [9.17, 15) is 5.26 Å². The van der Waals surface area contributed by atoms with Gasteiger partial charge in [0.1, 0.15) is 6.07 Å². The van der Waals surface area contributed by atoms with Crippen molar-refractivity contribution in [3.63, 3.8) is 0 Å². The molecule has 0 atom stereocenters. The molecule has 2 nitrogen and oxygen atoms in total. The van der Waals surface area contributed by atoms with Crippen LogP contribution in [0.2, 0.25) is 0 Å². The van der Waals surface area contributed by atoms with Gasteiger partial charge in [0, 0.05) is 12.6 Å². The maximum atomic E-state index is 9.25. The first-order chi connectivity index (χ1) is 8.11. The van der Waals surface area contributed by atoms with Gasteiger partial charge in [-0.1, -0.05) is 19.9 Å². The molecular formula is C15H20N2. The van der Waals surface area contributed by atoms with Crippen LogP contribution in [0.5, 0.6) is 0 Å². The molecule has 0 heterocycles. The van der Waals surface area contributed by atoms with E-state index in [1.54, 1.807) is 0 Å². The van der Waals surface area contributed by atoms with Gasteiger partial charge in [-0.25, -0.2) is 0 Å². The highest BCUT2D eigenvalue weighted by molar-refractivity contribution is 5.61. The van der Waals surface area contributed by atoms with E-state index in [1.165, 1.54) is 12.8 Å². The number of aryl methyl sites for hydroxylation is 1. The number of nitriles is 1. The SMILES string of the molecule is Cc1ccc(N(CC(C)C)C2CC2)c(C#N)c1. The Morgan fingerprint density at radius 3 is 2.65 bits per heavy atom. The van der Waals surface area contributed by atoms with Gasteiger partial charge in [0.2, 0.25) is 0 Å². The lowest BCUT2D eigenvalue weighted by Gasteiger charge is -2.27. The summed E-state index contributed by atoms with van der Waals surface area (Å²) in [5.74, 6) is 0.628. The van der Waals surface area contributed by atoms with Crippen LogP contribution in [0.3, 0.4) is 0 Å². The molecule has 0 unspecified atom stereocenters. The molecule has 1 aromatic carbocycles. The van der Waals surface area contributed by atoms with Crippen molar-refractivity contribution in [3.05, 3.63) is 29.3 Å². The largest absolute Gasteiger partial charge is 0.367 e. The second kappa shape index (κ2) is 4.79. The molecule has 0 aliphatic heterocycles. The Hall–Kier alpha value is -1.49. The summed E-state index contributed by atoms with van der Waals surface area (Å²) in [7, 11) is 0. The Labute approximate surface area is 104 Å². The molecule has 0 N–H and O–H groups in total. The molecule has 1 aliphatic rings. The van der Waals surface area contributed by atoms with Crippen molar-refractivity contribution in [1.82, 2.24) is 0 Å². The lowest BCUT2D eigenvalue weighted by molar-refractivity contribution is 0.607. The van der Waals surface area contributed by atoms with Crippen molar-refractivity contribution >= 4 is 5.69 Å². The highest BCUT2D eigenvalue weighted by Gasteiger charge is 2.30. The van der Waals surface area contributed by atoms with Crippen LogP contribution in [-0.2, 0) is 0 Å². The maximum Gasteiger partial charge on any atom is 0.101 e. The molecule has 90 valence electrons. The zero-order valence-electron chi connectivity index (χ0n) is 10.9. The van der Waals surface area contributed by atoms with Crippen molar-refractivity contribution in [2.45, 2.75) is 39.7 Å². The van der Waals surface area contributed by atoms with Gasteiger partial charge in [0.05, 0.1) is 11.3 Å². The summed E-state index contributed by atoms with van der Waals surface area (Å²) in [5.41, 5.74) is 3.09. The molecule has 1 fully saturated rings. The molecule has 0 radical (unpaired) electrons. The number of hydrogen-bond acceptors (Lipinski definition) is 2. The van der Waals surface area contributed by atoms with Crippen LogP contribution >= 0.6 is 0 Å². The van der Waals surface area contributed by atoms with Gasteiger partial charge in [-0.2, -0.15) is 5.26 Å². The number of rotatable bonds is 4. The summed E-state index contributed by atoms with van der Waals surface area (Å²) >= 11 is 0. The summed E-state index contributed by atoms with van der Waals surface area (Å²) in [4.78, 5) is 2.42. The predicted octanol–water partition coefficient (Wildman–Crippen LogP) is 3.49. The standard InChI is InChI=1S/C15H20N2/c1-11(2)10-17(14-5-6-14)15-7-4-12(3)8-13(15)9-16/h4,7-8,11,14H,5-6,10H2,1-3H3. The van der Waals surface area contributed by atoms with E-state index in [0.29, 0.717) is 12.0 Å². The Balaban J connectivity index is 2.32. The van der Waals surface area contributed by atoms with E-state index in [-0.39, 0.29) is 0 Å². The van der Waals surface area contributed by atoms with Crippen LogP contribution in [0.15, 0.2) is 18.2 Å². The quantitative estimate of drug-likeness (QED) is 0.788. The first-order valence-corrected chi connectivity index (χ1v) is 6.39. The predicted molar refractivity (Wildman–Crippen MR) is 71.1 cm³/mol. The topological polar surface area (TPSA) is 27.0 Å². The van der Waals surface area contributed by atoms with Crippen LogP contribution in [0.4, 0.5) is 5.69 Å². The zero-order valence-corrected chi connectivity index (χ0v) is 10.9. The molecule has 2 rings (SSSR count). The number of benzene rings is 1. The summed E-state index contributed by atoms with van der Waals surface area (Å²) in [6.07, 6.45) is 2.54. The van der Waals surface area contributed by atoms with Gasteiger partial charge in [-0.15, -0.1) is 0 Å². The molecule has 1 saturated carbocycles. The normalized spacial score (nSPS) is 14.8. The smallest absolute Gasteiger partial charge is 0.101 e. The number of nitrogens with zero attached hydrogens (tertiary/aromatic N) is 2. The van der Waals surface area contributed by atoms with Crippen molar-refractivity contribution in [3.8, 4) is 6.07 Å². The van der Waals surface area contributed by atoms with E-state index in [1.807, 2.05) is 13.0 Å². The molecule has 0 bridgehead atoms. The fourth-order valence-electron chi connectivity index (χ4n) is 2.21. The molecule has 1 aliphatic carbocycles. The fourth-order valence-corrected chi connectivity index (χ4v) is 2.21. The minimum Gasteiger partial charge on any atom is -0.367 e. The Morgan fingerprint density at radius 2 is 2.12 bits per heavy atom. The highest BCUT2D eigenvalue weighted by atomic mass is 15.2. The average molecular weight is 228 g/mol. The first-order valence-electron chi connectivity index (χ1n) is 6.39. The minimum atomic E-state index is 0.628. The number of anilines is 1. The molecule has 2 heteroatoms.